The smallest absolute Gasteiger partial charge is 0.271 e. The standard InChI is InChI=1S/C14H16N4O/c19-14(16-10-11-8-15-9-11)13-6-7-18(17-13)12-4-2-1-3-5-12/h1-7,11,15H,8-10H2,(H,16,19). The summed E-state index contributed by atoms with van der Waals surface area (Å²) in [4.78, 5) is 11.9. The molecule has 0 saturated carbocycles. The van der Waals surface area contributed by atoms with E-state index in [2.05, 4.69) is 15.7 Å². The Balaban J connectivity index is 1.65. The monoisotopic (exact) mass is 256 g/mol. The van der Waals surface area contributed by atoms with Gasteiger partial charge in [-0.15, -0.1) is 0 Å². The Kier molecular flexibility index (Phi) is 3.29. The second kappa shape index (κ2) is 5.24. The van der Waals surface area contributed by atoms with Gasteiger partial charge in [-0.1, -0.05) is 18.2 Å². The van der Waals surface area contributed by atoms with Gasteiger partial charge in [0.15, 0.2) is 5.69 Å². The maximum Gasteiger partial charge on any atom is 0.271 e. The first-order valence-electron chi connectivity index (χ1n) is 6.43. The first kappa shape index (κ1) is 11.9. The molecule has 1 aliphatic heterocycles. The highest BCUT2D eigenvalue weighted by Crippen LogP contribution is 2.07. The maximum absolute atomic E-state index is 11.9. The van der Waals surface area contributed by atoms with Crippen LogP contribution in [-0.4, -0.2) is 35.3 Å². The average Bonchev–Trinajstić information content (AvgIpc) is 2.87. The van der Waals surface area contributed by atoms with Crippen LogP contribution < -0.4 is 10.6 Å². The zero-order valence-corrected chi connectivity index (χ0v) is 10.5. The average molecular weight is 256 g/mol. The number of para-hydroxylation sites is 1. The summed E-state index contributed by atoms with van der Waals surface area (Å²) in [6, 6.07) is 11.5. The van der Waals surface area contributed by atoms with Crippen LogP contribution in [0, 0.1) is 5.92 Å². The van der Waals surface area contributed by atoms with Crippen molar-refractivity contribution >= 4 is 5.91 Å². The van der Waals surface area contributed by atoms with E-state index in [1.807, 2.05) is 30.3 Å². The van der Waals surface area contributed by atoms with E-state index in [1.165, 1.54) is 0 Å². The van der Waals surface area contributed by atoms with Crippen LogP contribution >= 0.6 is 0 Å². The van der Waals surface area contributed by atoms with E-state index >= 15 is 0 Å². The fourth-order valence-electron chi connectivity index (χ4n) is 1.99. The molecule has 2 heterocycles. The largest absolute Gasteiger partial charge is 0.350 e. The Morgan fingerprint density at radius 3 is 2.79 bits per heavy atom. The number of hydrogen-bond acceptors (Lipinski definition) is 3. The highest BCUT2D eigenvalue weighted by molar-refractivity contribution is 5.92. The predicted molar refractivity (Wildman–Crippen MR) is 72.3 cm³/mol. The summed E-state index contributed by atoms with van der Waals surface area (Å²) in [5.74, 6) is 0.446. The molecule has 1 aromatic heterocycles. The van der Waals surface area contributed by atoms with E-state index in [-0.39, 0.29) is 5.91 Å². The Labute approximate surface area is 111 Å². The van der Waals surface area contributed by atoms with Crippen molar-refractivity contribution in [1.29, 1.82) is 0 Å². The Morgan fingerprint density at radius 1 is 1.32 bits per heavy atom. The highest BCUT2D eigenvalue weighted by atomic mass is 16.1. The number of aromatic nitrogens is 2. The predicted octanol–water partition coefficient (Wildman–Crippen LogP) is 0.821. The van der Waals surface area contributed by atoms with Gasteiger partial charge in [-0.25, -0.2) is 4.68 Å². The van der Waals surface area contributed by atoms with Crippen molar-refractivity contribution in [3.63, 3.8) is 0 Å². The van der Waals surface area contributed by atoms with E-state index < -0.39 is 0 Å². The van der Waals surface area contributed by atoms with Gasteiger partial charge in [0.2, 0.25) is 0 Å². The van der Waals surface area contributed by atoms with Crippen LogP contribution in [0.5, 0.6) is 0 Å². The number of nitrogens with one attached hydrogen (secondary N) is 2. The number of benzene rings is 1. The summed E-state index contributed by atoms with van der Waals surface area (Å²) in [5.41, 5.74) is 1.40. The van der Waals surface area contributed by atoms with Gasteiger partial charge < -0.3 is 10.6 Å². The van der Waals surface area contributed by atoms with Crippen molar-refractivity contribution in [1.82, 2.24) is 20.4 Å². The molecular weight excluding hydrogens is 240 g/mol. The fourth-order valence-corrected chi connectivity index (χ4v) is 1.99. The number of hydrogen-bond donors (Lipinski definition) is 2. The molecule has 5 heteroatoms. The van der Waals surface area contributed by atoms with Crippen molar-refractivity contribution < 1.29 is 4.79 Å². The minimum atomic E-state index is -0.110. The molecule has 1 fully saturated rings. The molecule has 0 bridgehead atoms. The minimum Gasteiger partial charge on any atom is -0.350 e. The Hall–Kier alpha value is -2.14. The SMILES string of the molecule is O=C(NCC1CNC1)c1ccn(-c2ccccc2)n1. The fraction of sp³-hybridized carbons (Fsp3) is 0.286. The van der Waals surface area contributed by atoms with E-state index in [9.17, 15) is 4.79 Å². The second-order valence-corrected chi connectivity index (χ2v) is 4.72. The summed E-state index contributed by atoms with van der Waals surface area (Å²) in [6.45, 7) is 2.68. The molecule has 1 amide bonds. The number of carbonyl (C=O) groups is 1. The van der Waals surface area contributed by atoms with Crippen LogP contribution in [-0.2, 0) is 0 Å². The lowest BCUT2D eigenvalue weighted by Crippen LogP contribution is -2.48. The molecule has 0 atom stereocenters. The molecule has 5 nitrogen and oxygen atoms in total. The summed E-state index contributed by atoms with van der Waals surface area (Å²) < 4.78 is 1.71. The molecule has 1 saturated heterocycles. The third-order valence-corrected chi connectivity index (χ3v) is 3.26. The third kappa shape index (κ3) is 2.66. The van der Waals surface area contributed by atoms with Crippen LogP contribution in [0.4, 0.5) is 0 Å². The molecule has 19 heavy (non-hydrogen) atoms. The first-order chi connectivity index (χ1) is 9.33. The van der Waals surface area contributed by atoms with Crippen LogP contribution in [0.3, 0.4) is 0 Å². The lowest BCUT2D eigenvalue weighted by Gasteiger charge is -2.26. The van der Waals surface area contributed by atoms with Crippen LogP contribution in [0.2, 0.25) is 0 Å². The summed E-state index contributed by atoms with van der Waals surface area (Å²) >= 11 is 0. The van der Waals surface area contributed by atoms with Gasteiger partial charge in [-0.2, -0.15) is 5.10 Å². The number of carbonyl (C=O) groups excluding carboxylic acids is 1. The molecule has 0 unspecified atom stereocenters. The van der Waals surface area contributed by atoms with Gasteiger partial charge in [-0.3, -0.25) is 4.79 Å². The van der Waals surface area contributed by atoms with Crippen molar-refractivity contribution in [2.24, 2.45) is 5.92 Å². The zero-order valence-electron chi connectivity index (χ0n) is 10.5. The zero-order chi connectivity index (χ0) is 13.1. The minimum absolute atomic E-state index is 0.110. The van der Waals surface area contributed by atoms with Gasteiger partial charge in [-0.05, 0) is 18.2 Å². The van der Waals surface area contributed by atoms with Gasteiger partial charge in [0, 0.05) is 31.7 Å². The number of nitrogens with zero attached hydrogens (tertiary/aromatic N) is 2. The number of rotatable bonds is 4. The van der Waals surface area contributed by atoms with Crippen molar-refractivity contribution in [3.05, 3.63) is 48.3 Å². The summed E-state index contributed by atoms with van der Waals surface area (Å²) in [7, 11) is 0. The summed E-state index contributed by atoms with van der Waals surface area (Å²) in [5, 5.41) is 10.4. The Bertz CT molecular complexity index is 560. The van der Waals surface area contributed by atoms with Gasteiger partial charge in [0.25, 0.3) is 5.91 Å². The molecule has 1 aliphatic rings. The first-order valence-corrected chi connectivity index (χ1v) is 6.43. The molecule has 2 N–H and O–H groups in total. The third-order valence-electron chi connectivity index (χ3n) is 3.26. The van der Waals surface area contributed by atoms with E-state index in [1.54, 1.807) is 16.9 Å². The molecule has 98 valence electrons. The molecule has 0 spiro atoms. The van der Waals surface area contributed by atoms with Gasteiger partial charge in [0.1, 0.15) is 0 Å². The lowest BCUT2D eigenvalue weighted by atomic mass is 10.0. The quantitative estimate of drug-likeness (QED) is 0.851. The molecule has 0 radical (unpaired) electrons. The van der Waals surface area contributed by atoms with Crippen LogP contribution in [0.15, 0.2) is 42.6 Å². The summed E-state index contributed by atoms with van der Waals surface area (Å²) in [6.07, 6.45) is 1.80. The van der Waals surface area contributed by atoms with E-state index in [0.29, 0.717) is 18.2 Å². The van der Waals surface area contributed by atoms with Crippen molar-refractivity contribution in [3.8, 4) is 5.69 Å². The van der Waals surface area contributed by atoms with E-state index in [0.717, 1.165) is 18.8 Å². The second-order valence-electron chi connectivity index (χ2n) is 4.72. The lowest BCUT2D eigenvalue weighted by molar-refractivity contribution is 0.0937. The molecule has 2 aromatic rings. The molecular formula is C14H16N4O. The van der Waals surface area contributed by atoms with Gasteiger partial charge in [0.05, 0.1) is 5.69 Å². The topological polar surface area (TPSA) is 59.0 Å². The maximum atomic E-state index is 11.9. The molecule has 3 rings (SSSR count). The highest BCUT2D eigenvalue weighted by Gasteiger charge is 2.18. The molecule has 1 aromatic carbocycles. The Morgan fingerprint density at radius 2 is 2.11 bits per heavy atom. The number of amides is 1. The van der Waals surface area contributed by atoms with Crippen LogP contribution in [0.1, 0.15) is 10.5 Å². The van der Waals surface area contributed by atoms with E-state index in [4.69, 9.17) is 0 Å². The van der Waals surface area contributed by atoms with Crippen LogP contribution in [0.25, 0.3) is 5.69 Å². The molecule has 0 aliphatic carbocycles. The normalized spacial score (nSPS) is 14.9. The van der Waals surface area contributed by atoms with Crippen molar-refractivity contribution in [2.45, 2.75) is 0 Å². The van der Waals surface area contributed by atoms with Gasteiger partial charge >= 0.3 is 0 Å². The van der Waals surface area contributed by atoms with Crippen molar-refractivity contribution in [2.75, 3.05) is 19.6 Å².